The number of allylic oxidation sites excluding steroid dienone is 1. The molecule has 0 radical (unpaired) electrons. The molecule has 3 aromatic carbocycles. The van der Waals surface area contributed by atoms with Crippen LogP contribution in [0.2, 0.25) is 5.04 Å². The van der Waals surface area contributed by atoms with E-state index >= 15 is 0 Å². The van der Waals surface area contributed by atoms with Gasteiger partial charge in [-0.2, -0.15) is 0 Å². The van der Waals surface area contributed by atoms with E-state index in [2.05, 4.69) is 76.2 Å². The van der Waals surface area contributed by atoms with Crippen LogP contribution in [0.5, 0.6) is 0 Å². The van der Waals surface area contributed by atoms with Crippen molar-refractivity contribution in [2.75, 3.05) is 13.2 Å². The quantitative estimate of drug-likeness (QED) is 0.196. The van der Waals surface area contributed by atoms with Crippen molar-refractivity contribution in [1.29, 1.82) is 0 Å². The molecule has 1 amide bonds. The number of carbonyl (C=O) groups is 2. The summed E-state index contributed by atoms with van der Waals surface area (Å²) in [5.41, 5.74) is 0.384. The molecule has 0 N–H and O–H groups in total. The van der Waals surface area contributed by atoms with Crippen LogP contribution in [0.3, 0.4) is 0 Å². The third kappa shape index (κ3) is 6.50. The van der Waals surface area contributed by atoms with Crippen LogP contribution in [0.1, 0.15) is 73.8 Å². The molecule has 0 saturated carbocycles. The number of nitrogens with zero attached hydrogens (tertiary/aromatic N) is 1. The lowest BCUT2D eigenvalue weighted by molar-refractivity contribution is -0.141. The number of likely N-dealkylation sites (tertiary alicyclic amines) is 1. The van der Waals surface area contributed by atoms with E-state index in [0.29, 0.717) is 0 Å². The lowest BCUT2D eigenvalue weighted by Crippen LogP contribution is -2.68. The molecule has 47 heavy (non-hydrogen) atoms. The second-order valence-electron chi connectivity index (χ2n) is 15.4. The highest BCUT2D eigenvalue weighted by molar-refractivity contribution is 6.99. The Morgan fingerprint density at radius 3 is 1.89 bits per heavy atom. The van der Waals surface area contributed by atoms with Crippen LogP contribution in [0.4, 0.5) is 4.79 Å². The van der Waals surface area contributed by atoms with Crippen LogP contribution in [0.25, 0.3) is 0 Å². The van der Waals surface area contributed by atoms with E-state index in [1.165, 1.54) is 10.4 Å². The summed E-state index contributed by atoms with van der Waals surface area (Å²) >= 11 is 0. The summed E-state index contributed by atoms with van der Waals surface area (Å²) in [5, 5.41) is 2.09. The van der Waals surface area contributed by atoms with Crippen LogP contribution < -0.4 is 10.4 Å². The van der Waals surface area contributed by atoms with Crippen LogP contribution in [0.15, 0.2) is 103 Å². The highest BCUT2D eigenvalue weighted by atomic mass is 28.4. The Bertz CT molecular complexity index is 1540. The normalized spacial score (nSPS) is 25.4. The number of ketones is 1. The predicted octanol–water partition coefficient (Wildman–Crippen LogP) is 7.48. The first-order chi connectivity index (χ1) is 22.1. The van der Waals surface area contributed by atoms with Gasteiger partial charge in [-0.05, 0) is 61.2 Å². The minimum Gasteiger partial charge on any atom is -0.444 e. The largest absolute Gasteiger partial charge is 0.444 e. The number of piperidine rings is 1. The maximum atomic E-state index is 14.9. The smallest absolute Gasteiger partial charge is 0.412 e. The summed E-state index contributed by atoms with van der Waals surface area (Å²) in [4.78, 5) is 30.4. The third-order valence-corrected chi connectivity index (χ3v) is 14.9. The Labute approximate surface area is 282 Å². The van der Waals surface area contributed by atoms with E-state index in [9.17, 15) is 9.59 Å². The molecule has 0 aromatic heterocycles. The van der Waals surface area contributed by atoms with Gasteiger partial charge in [-0.1, -0.05) is 125 Å². The number of Topliss-reactive ketones (excluding diaryl/α,β-unsaturated/α-hetero) is 1. The van der Waals surface area contributed by atoms with Gasteiger partial charge in [-0.25, -0.2) is 4.79 Å². The fourth-order valence-corrected chi connectivity index (χ4v) is 12.3. The summed E-state index contributed by atoms with van der Waals surface area (Å²) < 4.78 is 20.3. The molecule has 3 unspecified atom stereocenters. The van der Waals surface area contributed by atoms with Crippen LogP contribution >= 0.6 is 0 Å². The number of carbonyl (C=O) groups excluding carboxylic acids is 2. The first-order valence-corrected chi connectivity index (χ1v) is 18.7. The highest BCUT2D eigenvalue weighted by Gasteiger charge is 2.64. The van der Waals surface area contributed by atoms with Crippen molar-refractivity contribution in [3.8, 4) is 0 Å². The maximum Gasteiger partial charge on any atom is 0.412 e. The zero-order chi connectivity index (χ0) is 34.2. The molecule has 2 heterocycles. The van der Waals surface area contributed by atoms with Crippen molar-refractivity contribution >= 4 is 30.6 Å². The molecule has 0 bridgehead atoms. The van der Waals surface area contributed by atoms with Gasteiger partial charge in [-0.3, -0.25) is 9.69 Å². The molecular weight excluding hydrogens is 603 g/mol. The topological polar surface area (TPSA) is 65.1 Å². The number of rotatable bonds is 7. The van der Waals surface area contributed by atoms with Crippen LogP contribution in [0, 0.1) is 11.3 Å². The van der Waals surface area contributed by atoms with Gasteiger partial charge < -0.3 is 13.9 Å². The van der Waals surface area contributed by atoms with E-state index in [1.54, 1.807) is 4.90 Å². The average molecular weight is 654 g/mol. The second kappa shape index (κ2) is 13.2. The van der Waals surface area contributed by atoms with Crippen LogP contribution in [-0.4, -0.2) is 56.2 Å². The fraction of sp³-hybridized carbons (Fsp3) is 0.450. The van der Waals surface area contributed by atoms with E-state index in [1.807, 2.05) is 83.2 Å². The zero-order valence-electron chi connectivity index (χ0n) is 29.4. The Balaban J connectivity index is 1.66. The molecule has 6 nitrogen and oxygen atoms in total. The van der Waals surface area contributed by atoms with Gasteiger partial charge >= 0.3 is 6.09 Å². The molecule has 5 rings (SSSR count). The van der Waals surface area contributed by atoms with Gasteiger partial charge in [0.2, 0.25) is 0 Å². The zero-order valence-corrected chi connectivity index (χ0v) is 30.4. The van der Waals surface area contributed by atoms with E-state index in [-0.39, 0.29) is 24.0 Å². The molecule has 250 valence electrons. The summed E-state index contributed by atoms with van der Waals surface area (Å²) in [6.07, 6.45) is 0.323. The van der Waals surface area contributed by atoms with Crippen molar-refractivity contribution < 1.29 is 23.5 Å². The van der Waals surface area contributed by atoms with E-state index in [4.69, 9.17) is 13.9 Å². The Morgan fingerprint density at radius 1 is 0.915 bits per heavy atom. The van der Waals surface area contributed by atoms with Crippen molar-refractivity contribution in [2.24, 2.45) is 11.3 Å². The first kappa shape index (κ1) is 34.8. The third-order valence-electron chi connectivity index (χ3n) is 9.92. The summed E-state index contributed by atoms with van der Waals surface area (Å²) in [5.74, 6) is -1.10. The Morgan fingerprint density at radius 2 is 1.43 bits per heavy atom. The standard InChI is InChI=1S/C40H51NO5Si/c1-10-28(2)35-40(9,27-44-47(39(6,7)8,30-22-16-12-17-23-30)31-24-18-13-19-25-31)33-34(42)32(29-20-14-11-15-21-29)26-41(36(33)45-35)37(43)46-38(3,4)5/h10-25,32-33,35-36H,26-27H2,1-9H3/b28-10+/t32?,33?,35-,36?,40-/m0/s1. The monoisotopic (exact) mass is 653 g/mol. The first-order valence-electron chi connectivity index (χ1n) is 16.8. The molecule has 3 aromatic rings. The van der Waals surface area contributed by atoms with Gasteiger partial charge in [0.1, 0.15) is 17.6 Å². The van der Waals surface area contributed by atoms with Crippen molar-refractivity contribution in [1.82, 2.24) is 4.90 Å². The lowest BCUT2D eigenvalue weighted by atomic mass is 9.66. The van der Waals surface area contributed by atoms with Crippen LogP contribution in [-0.2, 0) is 18.7 Å². The predicted molar refractivity (Wildman–Crippen MR) is 190 cm³/mol. The van der Waals surface area contributed by atoms with Gasteiger partial charge in [0, 0.05) is 18.6 Å². The average Bonchev–Trinajstić information content (AvgIpc) is 3.34. The maximum absolute atomic E-state index is 14.9. The Hall–Kier alpha value is -3.52. The minimum absolute atomic E-state index is 0.0703. The molecular formula is C40H51NO5Si. The number of fused-ring (bicyclic) bond motifs is 1. The van der Waals surface area contributed by atoms with Crippen molar-refractivity contribution in [3.05, 3.63) is 108 Å². The lowest BCUT2D eigenvalue weighted by Gasteiger charge is -2.47. The summed E-state index contributed by atoms with van der Waals surface area (Å²) in [6, 6.07) is 30.8. The molecule has 5 atom stereocenters. The minimum atomic E-state index is -2.96. The number of benzene rings is 3. The van der Waals surface area contributed by atoms with Gasteiger partial charge in [0.15, 0.2) is 0 Å². The molecule has 2 aliphatic rings. The molecule has 2 saturated heterocycles. The summed E-state index contributed by atoms with van der Waals surface area (Å²) in [7, 11) is -2.96. The number of hydrogen-bond donors (Lipinski definition) is 0. The molecule has 0 spiro atoms. The second-order valence-corrected chi connectivity index (χ2v) is 19.7. The fourth-order valence-electron chi connectivity index (χ4n) is 7.61. The molecule has 7 heteroatoms. The van der Waals surface area contributed by atoms with Gasteiger partial charge in [0.05, 0.1) is 17.9 Å². The van der Waals surface area contributed by atoms with Crippen molar-refractivity contribution in [3.63, 3.8) is 0 Å². The van der Waals surface area contributed by atoms with Gasteiger partial charge in [-0.15, -0.1) is 0 Å². The molecule has 2 fully saturated rings. The van der Waals surface area contributed by atoms with Crippen molar-refractivity contribution in [2.45, 2.75) is 91.2 Å². The highest BCUT2D eigenvalue weighted by Crippen LogP contribution is 2.53. The molecule has 2 aliphatic heterocycles. The Kier molecular flexibility index (Phi) is 9.75. The van der Waals surface area contributed by atoms with E-state index < -0.39 is 49.6 Å². The van der Waals surface area contributed by atoms with E-state index in [0.717, 1.165) is 11.1 Å². The number of hydrogen-bond acceptors (Lipinski definition) is 5. The summed E-state index contributed by atoms with van der Waals surface area (Å²) in [6.45, 7) is 18.9. The SMILES string of the molecule is C/C=C(\C)[C@@H]1OC2C(C(=O)C(c3ccccc3)CN2C(=O)OC(C)(C)C)[C@]1(C)CO[Si](c1ccccc1)(c1ccccc1)C(C)(C)C. The molecule has 0 aliphatic carbocycles. The van der Waals surface area contributed by atoms with Gasteiger partial charge in [0.25, 0.3) is 8.32 Å². The number of ether oxygens (including phenoxy) is 2. The number of amides is 1.